The van der Waals surface area contributed by atoms with E-state index in [9.17, 15) is 13.5 Å². The fraction of sp³-hybridized carbons (Fsp3) is 0.304. The van der Waals surface area contributed by atoms with Gasteiger partial charge in [-0.2, -0.15) is 4.98 Å². The van der Waals surface area contributed by atoms with Gasteiger partial charge in [0.1, 0.15) is 0 Å². The summed E-state index contributed by atoms with van der Waals surface area (Å²) in [6, 6.07) is 6.94. The van der Waals surface area contributed by atoms with Gasteiger partial charge in [0.05, 0.1) is 30.1 Å². The Hall–Kier alpha value is -3.17. The van der Waals surface area contributed by atoms with E-state index in [1.54, 1.807) is 37.3 Å². The van der Waals surface area contributed by atoms with Gasteiger partial charge >= 0.3 is 0 Å². The Morgan fingerprint density at radius 3 is 2.62 bits per heavy atom. The van der Waals surface area contributed by atoms with Crippen LogP contribution in [-0.2, 0) is 21.2 Å². The second-order valence-electron chi connectivity index (χ2n) is 7.54. The Morgan fingerprint density at radius 1 is 1.19 bits per heavy atom. The van der Waals surface area contributed by atoms with Crippen molar-refractivity contribution in [2.45, 2.75) is 18.2 Å². The highest BCUT2D eigenvalue weighted by Crippen LogP contribution is 2.37. The van der Waals surface area contributed by atoms with Crippen LogP contribution in [0.3, 0.4) is 0 Å². The van der Waals surface area contributed by atoms with Crippen molar-refractivity contribution in [3.63, 3.8) is 0 Å². The number of morpholine rings is 1. The maximum Gasteiger partial charge on any atom is 0.265 e. The van der Waals surface area contributed by atoms with E-state index in [-0.39, 0.29) is 11.4 Å². The lowest BCUT2D eigenvalue weighted by atomic mass is 10.1. The topological polar surface area (TPSA) is 95.9 Å². The lowest BCUT2D eigenvalue weighted by Crippen LogP contribution is -2.38. The van der Waals surface area contributed by atoms with Crippen LogP contribution in [0.2, 0.25) is 0 Å². The number of hydrogen-bond donors (Lipinski definition) is 1. The average Bonchev–Trinajstić information content (AvgIpc) is 3.24. The summed E-state index contributed by atoms with van der Waals surface area (Å²) in [5.74, 6) is 0.816. The molecule has 1 aromatic carbocycles. The van der Waals surface area contributed by atoms with Gasteiger partial charge in [0.25, 0.3) is 10.0 Å². The van der Waals surface area contributed by atoms with E-state index in [0.717, 1.165) is 11.8 Å². The molecule has 168 valence electrons. The molecule has 0 unspecified atom stereocenters. The molecule has 2 aliphatic heterocycles. The number of aliphatic hydroxyl groups excluding tert-OH is 1. The largest absolute Gasteiger partial charge is 0.516 e. The first kappa shape index (κ1) is 22.0. The summed E-state index contributed by atoms with van der Waals surface area (Å²) in [6.45, 7) is 8.12. The molecule has 0 bridgehead atoms. The third-order valence-corrected chi connectivity index (χ3v) is 7.50. The van der Waals surface area contributed by atoms with Crippen LogP contribution < -0.4 is 9.21 Å². The van der Waals surface area contributed by atoms with Gasteiger partial charge in [-0.15, -0.1) is 0 Å². The van der Waals surface area contributed by atoms with Crippen molar-refractivity contribution in [1.29, 1.82) is 0 Å². The van der Waals surface area contributed by atoms with Crippen LogP contribution in [0.5, 0.6) is 0 Å². The van der Waals surface area contributed by atoms with Crippen molar-refractivity contribution in [2.24, 2.45) is 0 Å². The zero-order valence-corrected chi connectivity index (χ0v) is 18.8. The molecular weight excluding hydrogens is 428 g/mol. The SMILES string of the molecule is C=C/C=C(\C=C\O)c1nc(N2CCOCC2)nc2c1CCN2S(=O)(=O)c1ccccc1C. The molecule has 4 rings (SSSR count). The Balaban J connectivity index is 1.89. The molecule has 8 nitrogen and oxygen atoms in total. The predicted octanol–water partition coefficient (Wildman–Crippen LogP) is 3.01. The molecule has 0 radical (unpaired) electrons. The fourth-order valence-electron chi connectivity index (χ4n) is 3.98. The molecule has 1 fully saturated rings. The third-order valence-electron chi connectivity index (χ3n) is 5.56. The monoisotopic (exact) mass is 454 g/mol. The van der Waals surface area contributed by atoms with E-state index < -0.39 is 10.0 Å². The van der Waals surface area contributed by atoms with Crippen LogP contribution in [0.15, 0.2) is 60.2 Å². The Kier molecular flexibility index (Phi) is 6.29. The van der Waals surface area contributed by atoms with Gasteiger partial charge in [-0.3, -0.25) is 0 Å². The molecule has 3 heterocycles. The van der Waals surface area contributed by atoms with Gasteiger partial charge in [0, 0.05) is 30.8 Å². The number of rotatable bonds is 6. The summed E-state index contributed by atoms with van der Waals surface area (Å²) in [5, 5.41) is 9.42. The normalized spacial score (nSPS) is 17.1. The number of sulfonamides is 1. The number of nitrogens with zero attached hydrogens (tertiary/aromatic N) is 4. The van der Waals surface area contributed by atoms with Gasteiger partial charge < -0.3 is 14.7 Å². The standard InChI is InChI=1S/C23H26N4O4S/c1-3-6-18(10-14-28)21-19-9-11-27(32(29,30)20-8-5-4-7-17(20)2)22(19)25-23(24-21)26-12-15-31-16-13-26/h3-8,10,14,28H,1,9,11-13,15-16H2,2H3/b14-10+,18-6+. The summed E-state index contributed by atoms with van der Waals surface area (Å²) in [5.41, 5.74) is 2.62. The van der Waals surface area contributed by atoms with E-state index in [1.165, 1.54) is 10.4 Å². The number of allylic oxidation sites excluding steroid dienone is 4. The maximum atomic E-state index is 13.6. The first-order valence-electron chi connectivity index (χ1n) is 10.4. The first-order valence-corrected chi connectivity index (χ1v) is 11.9. The van der Waals surface area contributed by atoms with Crippen LogP contribution in [-0.4, -0.2) is 56.3 Å². The molecule has 0 saturated carbocycles. The van der Waals surface area contributed by atoms with Crippen LogP contribution in [0, 0.1) is 6.92 Å². The van der Waals surface area contributed by atoms with Crippen LogP contribution in [0.1, 0.15) is 16.8 Å². The van der Waals surface area contributed by atoms with Gasteiger partial charge in [-0.25, -0.2) is 17.7 Å². The minimum atomic E-state index is -3.80. The maximum absolute atomic E-state index is 13.6. The number of anilines is 2. The molecule has 1 aromatic heterocycles. The number of hydrogen-bond acceptors (Lipinski definition) is 7. The zero-order chi connectivity index (χ0) is 22.7. The van der Waals surface area contributed by atoms with Gasteiger partial charge in [0.2, 0.25) is 5.95 Å². The number of ether oxygens (including phenoxy) is 1. The van der Waals surface area contributed by atoms with Crippen LogP contribution >= 0.6 is 0 Å². The molecular formula is C23H26N4O4S. The molecule has 2 aromatic rings. The van der Waals surface area contributed by atoms with E-state index >= 15 is 0 Å². The van der Waals surface area contributed by atoms with Gasteiger partial charge in [0.15, 0.2) is 5.82 Å². The molecule has 0 spiro atoms. The molecule has 9 heteroatoms. The first-order chi connectivity index (χ1) is 15.5. The van der Waals surface area contributed by atoms with Crippen molar-refractivity contribution in [2.75, 3.05) is 42.1 Å². The van der Waals surface area contributed by atoms with E-state index in [2.05, 4.69) is 6.58 Å². The summed E-state index contributed by atoms with van der Waals surface area (Å²) >= 11 is 0. The Labute approximate surface area is 188 Å². The lowest BCUT2D eigenvalue weighted by molar-refractivity contribution is 0.122. The number of aromatic nitrogens is 2. The second kappa shape index (κ2) is 9.13. The molecule has 1 saturated heterocycles. The van der Waals surface area contributed by atoms with Crippen LogP contribution in [0.4, 0.5) is 11.8 Å². The van der Waals surface area contributed by atoms with Crippen molar-refractivity contribution in [3.8, 4) is 0 Å². The Bertz CT molecular complexity index is 1180. The van der Waals surface area contributed by atoms with Crippen molar-refractivity contribution < 1.29 is 18.3 Å². The van der Waals surface area contributed by atoms with Gasteiger partial charge in [-0.05, 0) is 31.1 Å². The fourth-order valence-corrected chi connectivity index (χ4v) is 5.65. The zero-order valence-electron chi connectivity index (χ0n) is 17.9. The second-order valence-corrected chi connectivity index (χ2v) is 9.37. The van der Waals surface area contributed by atoms with E-state index in [0.29, 0.717) is 61.3 Å². The highest BCUT2D eigenvalue weighted by molar-refractivity contribution is 7.92. The molecule has 32 heavy (non-hydrogen) atoms. The smallest absolute Gasteiger partial charge is 0.265 e. The molecule has 0 amide bonds. The quantitative estimate of drug-likeness (QED) is 0.529. The van der Waals surface area contributed by atoms with E-state index in [4.69, 9.17) is 14.7 Å². The predicted molar refractivity (Wildman–Crippen MR) is 124 cm³/mol. The number of benzene rings is 1. The number of aliphatic hydroxyl groups is 1. The minimum absolute atomic E-state index is 0.262. The number of fused-ring (bicyclic) bond motifs is 1. The summed E-state index contributed by atoms with van der Waals surface area (Å²) in [4.78, 5) is 11.7. The lowest BCUT2D eigenvalue weighted by Gasteiger charge is -2.28. The van der Waals surface area contributed by atoms with Crippen molar-refractivity contribution >= 4 is 27.4 Å². The molecule has 2 aliphatic rings. The average molecular weight is 455 g/mol. The molecule has 0 atom stereocenters. The van der Waals surface area contributed by atoms with Crippen molar-refractivity contribution in [1.82, 2.24) is 9.97 Å². The summed E-state index contributed by atoms with van der Waals surface area (Å²) < 4.78 is 34.0. The third kappa shape index (κ3) is 4.01. The van der Waals surface area contributed by atoms with Gasteiger partial charge in [-0.1, -0.05) is 36.9 Å². The van der Waals surface area contributed by atoms with Crippen molar-refractivity contribution in [3.05, 3.63) is 72.2 Å². The molecule has 0 aliphatic carbocycles. The highest BCUT2D eigenvalue weighted by Gasteiger charge is 2.36. The highest BCUT2D eigenvalue weighted by atomic mass is 32.2. The molecule has 1 N–H and O–H groups in total. The summed E-state index contributed by atoms with van der Waals surface area (Å²) in [6.07, 6.45) is 6.26. The summed E-state index contributed by atoms with van der Waals surface area (Å²) in [7, 11) is -3.80. The van der Waals surface area contributed by atoms with E-state index in [1.807, 2.05) is 11.0 Å². The number of aryl methyl sites for hydroxylation is 1. The minimum Gasteiger partial charge on any atom is -0.516 e. The Morgan fingerprint density at radius 2 is 1.94 bits per heavy atom. The van der Waals surface area contributed by atoms with Crippen LogP contribution in [0.25, 0.3) is 5.57 Å².